The minimum Gasteiger partial charge on any atom is -0.493 e. The van der Waals surface area contributed by atoms with E-state index in [-0.39, 0.29) is 22.7 Å². The minimum atomic E-state index is -0.905. The quantitative estimate of drug-likeness (QED) is 0.708. The molecule has 0 fully saturated rings. The van der Waals surface area contributed by atoms with E-state index in [0.717, 1.165) is 6.07 Å². The van der Waals surface area contributed by atoms with Crippen LogP contribution in [0.25, 0.3) is 5.65 Å². The van der Waals surface area contributed by atoms with Crippen LogP contribution in [-0.4, -0.2) is 27.6 Å². The molecule has 0 aliphatic carbocycles. The van der Waals surface area contributed by atoms with Crippen LogP contribution in [0.3, 0.4) is 0 Å². The third-order valence-corrected chi connectivity index (χ3v) is 4.33. The summed E-state index contributed by atoms with van der Waals surface area (Å²) in [5.74, 6) is -2.65. The Kier molecular flexibility index (Phi) is 4.90. The van der Waals surface area contributed by atoms with Crippen molar-refractivity contribution < 1.29 is 19.0 Å². The summed E-state index contributed by atoms with van der Waals surface area (Å²) in [4.78, 5) is 28.8. The molecular formula is C18H14ClFN2O4. The van der Waals surface area contributed by atoms with E-state index in [4.69, 9.17) is 11.6 Å². The predicted octanol–water partition coefficient (Wildman–Crippen LogP) is 2.89. The molecule has 1 unspecified atom stereocenters. The van der Waals surface area contributed by atoms with Gasteiger partial charge in [-0.3, -0.25) is 14.0 Å². The zero-order valence-corrected chi connectivity index (χ0v) is 14.4. The van der Waals surface area contributed by atoms with Crippen LogP contribution < -0.4 is 5.56 Å². The number of carbonyl (C=O) groups excluding carboxylic acids is 1. The van der Waals surface area contributed by atoms with Gasteiger partial charge >= 0.3 is 5.97 Å². The topological polar surface area (TPSA) is 80.9 Å². The number of hydrogen-bond donors (Lipinski definition) is 1. The van der Waals surface area contributed by atoms with Gasteiger partial charge in [0.1, 0.15) is 11.5 Å². The summed E-state index contributed by atoms with van der Waals surface area (Å²) in [6, 6.07) is 8.71. The second-order valence-corrected chi connectivity index (χ2v) is 6.00. The summed E-state index contributed by atoms with van der Waals surface area (Å²) in [7, 11) is 1.21. The molecule has 26 heavy (non-hydrogen) atoms. The van der Waals surface area contributed by atoms with Crippen LogP contribution in [0.1, 0.15) is 23.5 Å². The Labute approximate surface area is 152 Å². The minimum absolute atomic E-state index is 0.0956. The monoisotopic (exact) mass is 376 g/mol. The molecule has 3 rings (SSSR count). The van der Waals surface area contributed by atoms with E-state index >= 15 is 0 Å². The average Bonchev–Trinajstić information content (AvgIpc) is 2.63. The smallest absolute Gasteiger partial charge is 0.306 e. The summed E-state index contributed by atoms with van der Waals surface area (Å²) < 4.78 is 19.5. The summed E-state index contributed by atoms with van der Waals surface area (Å²) in [6.45, 7) is 0. The van der Waals surface area contributed by atoms with Crippen molar-refractivity contribution >= 4 is 23.2 Å². The van der Waals surface area contributed by atoms with Crippen LogP contribution in [0.2, 0.25) is 5.02 Å². The summed E-state index contributed by atoms with van der Waals surface area (Å²) in [5, 5.41) is 10.2. The van der Waals surface area contributed by atoms with Gasteiger partial charge < -0.3 is 9.84 Å². The van der Waals surface area contributed by atoms with Crippen molar-refractivity contribution in [1.82, 2.24) is 9.38 Å². The Balaban J connectivity index is 2.24. The molecule has 2 heterocycles. The lowest BCUT2D eigenvalue weighted by Crippen LogP contribution is -2.24. The number of methoxy groups -OCH3 is 1. The summed E-state index contributed by atoms with van der Waals surface area (Å²) >= 11 is 5.84. The maximum Gasteiger partial charge on any atom is 0.306 e. The molecule has 0 radical (unpaired) electrons. The molecule has 6 nitrogen and oxygen atoms in total. The lowest BCUT2D eigenvalue weighted by atomic mass is 9.89. The lowest BCUT2D eigenvalue weighted by Gasteiger charge is -2.18. The van der Waals surface area contributed by atoms with Crippen molar-refractivity contribution in [1.29, 1.82) is 0 Å². The Morgan fingerprint density at radius 2 is 2.15 bits per heavy atom. The van der Waals surface area contributed by atoms with Crippen LogP contribution in [0.15, 0.2) is 47.4 Å². The SMILES string of the molecule is COC(=O)CC(c1ccc(F)c(Cl)c1)c1c(O)nc2ccccn2c1=O. The fraction of sp³-hybridized carbons (Fsp3) is 0.167. The standard InChI is InChI=1S/C18H14ClFN2O4/c1-26-15(23)9-11(10-5-6-13(20)12(19)8-10)16-17(24)21-14-4-2-3-7-22(14)18(16)25/h2-8,11,24H,9H2,1H3. The maximum atomic E-state index is 13.5. The van der Waals surface area contributed by atoms with Gasteiger partial charge in [-0.2, -0.15) is 4.98 Å². The van der Waals surface area contributed by atoms with Crippen molar-refractivity contribution in [3.05, 3.63) is 74.9 Å². The van der Waals surface area contributed by atoms with Crippen LogP contribution in [-0.2, 0) is 9.53 Å². The number of aromatic hydroxyl groups is 1. The van der Waals surface area contributed by atoms with Gasteiger partial charge in [0.15, 0.2) is 0 Å². The van der Waals surface area contributed by atoms with E-state index in [1.165, 1.54) is 29.8 Å². The van der Waals surface area contributed by atoms with Crippen molar-refractivity contribution in [3.8, 4) is 5.88 Å². The van der Waals surface area contributed by atoms with Crippen LogP contribution in [0, 0.1) is 5.82 Å². The number of carbonyl (C=O) groups is 1. The number of aromatic nitrogens is 2. The van der Waals surface area contributed by atoms with Gasteiger partial charge in [0.05, 0.1) is 24.1 Å². The Morgan fingerprint density at radius 3 is 2.85 bits per heavy atom. The van der Waals surface area contributed by atoms with Gasteiger partial charge in [0.25, 0.3) is 5.56 Å². The molecule has 3 aromatic rings. The van der Waals surface area contributed by atoms with Gasteiger partial charge in [-0.05, 0) is 29.8 Å². The number of fused-ring (bicyclic) bond motifs is 1. The second kappa shape index (κ2) is 7.13. The molecular weight excluding hydrogens is 363 g/mol. The fourth-order valence-electron chi connectivity index (χ4n) is 2.76. The second-order valence-electron chi connectivity index (χ2n) is 5.59. The van der Waals surface area contributed by atoms with Crippen molar-refractivity contribution in [2.75, 3.05) is 7.11 Å². The lowest BCUT2D eigenvalue weighted by molar-refractivity contribution is -0.140. The first-order chi connectivity index (χ1) is 12.4. The number of esters is 1. The van der Waals surface area contributed by atoms with Crippen molar-refractivity contribution in [2.24, 2.45) is 0 Å². The number of nitrogens with zero attached hydrogens (tertiary/aromatic N) is 2. The van der Waals surface area contributed by atoms with E-state index < -0.39 is 29.1 Å². The fourth-order valence-corrected chi connectivity index (χ4v) is 2.95. The van der Waals surface area contributed by atoms with E-state index in [1.807, 2.05) is 0 Å². The largest absolute Gasteiger partial charge is 0.493 e. The highest BCUT2D eigenvalue weighted by atomic mass is 35.5. The first-order valence-corrected chi connectivity index (χ1v) is 8.02. The molecule has 8 heteroatoms. The van der Waals surface area contributed by atoms with Gasteiger partial charge in [0.2, 0.25) is 5.88 Å². The van der Waals surface area contributed by atoms with Crippen LogP contribution in [0.5, 0.6) is 5.88 Å². The predicted molar refractivity (Wildman–Crippen MR) is 93.0 cm³/mol. The molecule has 0 aliphatic rings. The van der Waals surface area contributed by atoms with E-state index in [2.05, 4.69) is 9.72 Å². The number of rotatable bonds is 4. The third kappa shape index (κ3) is 3.25. The van der Waals surface area contributed by atoms with Gasteiger partial charge in [0, 0.05) is 12.1 Å². The summed E-state index contributed by atoms with van der Waals surface area (Å²) in [5.41, 5.74) is 0.00353. The molecule has 0 amide bonds. The Bertz CT molecular complexity index is 1050. The van der Waals surface area contributed by atoms with Crippen molar-refractivity contribution in [3.63, 3.8) is 0 Å². The number of benzene rings is 1. The number of pyridine rings is 1. The Hall–Kier alpha value is -2.93. The highest BCUT2D eigenvalue weighted by Gasteiger charge is 2.27. The average molecular weight is 377 g/mol. The molecule has 134 valence electrons. The van der Waals surface area contributed by atoms with Gasteiger partial charge in [-0.25, -0.2) is 4.39 Å². The molecule has 0 bridgehead atoms. The van der Waals surface area contributed by atoms with Crippen molar-refractivity contribution in [2.45, 2.75) is 12.3 Å². The number of hydrogen-bond acceptors (Lipinski definition) is 5. The molecule has 1 aromatic carbocycles. The van der Waals surface area contributed by atoms with Crippen LogP contribution in [0.4, 0.5) is 4.39 Å². The molecule has 0 aliphatic heterocycles. The van der Waals surface area contributed by atoms with E-state index in [9.17, 15) is 19.1 Å². The molecule has 0 saturated carbocycles. The highest BCUT2D eigenvalue weighted by Crippen LogP contribution is 2.33. The molecule has 0 spiro atoms. The zero-order valence-electron chi connectivity index (χ0n) is 13.6. The molecule has 1 atom stereocenters. The third-order valence-electron chi connectivity index (χ3n) is 4.04. The summed E-state index contributed by atoms with van der Waals surface area (Å²) in [6.07, 6.45) is 1.25. The first kappa shape index (κ1) is 17.9. The van der Waals surface area contributed by atoms with Gasteiger partial charge in [-0.1, -0.05) is 23.7 Å². The Morgan fingerprint density at radius 1 is 1.38 bits per heavy atom. The molecule has 1 N–H and O–H groups in total. The number of ether oxygens (including phenoxy) is 1. The normalized spacial score (nSPS) is 12.1. The first-order valence-electron chi connectivity index (χ1n) is 7.64. The number of halogens is 2. The van der Waals surface area contributed by atoms with E-state index in [1.54, 1.807) is 18.2 Å². The maximum absolute atomic E-state index is 13.5. The zero-order chi connectivity index (χ0) is 18.8. The molecule has 0 saturated heterocycles. The van der Waals surface area contributed by atoms with Crippen LogP contribution >= 0.6 is 11.6 Å². The van der Waals surface area contributed by atoms with Gasteiger partial charge in [-0.15, -0.1) is 0 Å². The molecule has 2 aromatic heterocycles. The highest BCUT2D eigenvalue weighted by molar-refractivity contribution is 6.30. The van der Waals surface area contributed by atoms with E-state index in [0.29, 0.717) is 5.56 Å².